The van der Waals surface area contributed by atoms with Crippen LogP contribution in [-0.4, -0.2) is 35.6 Å². The third-order valence-electron chi connectivity index (χ3n) is 5.72. The second kappa shape index (κ2) is 9.77. The highest BCUT2D eigenvalue weighted by atomic mass is 35.5. The van der Waals surface area contributed by atoms with E-state index in [0.717, 1.165) is 52.8 Å². The molecular formula is C27H27ClFN3O. The number of phenols is 1. The lowest BCUT2D eigenvalue weighted by atomic mass is 10.00. The van der Waals surface area contributed by atoms with Crippen LogP contribution in [0.25, 0.3) is 22.0 Å². The van der Waals surface area contributed by atoms with E-state index >= 15 is 0 Å². The number of rotatable bonds is 7. The Bertz CT molecular complexity index is 1280. The predicted molar refractivity (Wildman–Crippen MR) is 135 cm³/mol. The van der Waals surface area contributed by atoms with Crippen molar-refractivity contribution in [2.24, 2.45) is 0 Å². The maximum atomic E-state index is 14.1. The summed E-state index contributed by atoms with van der Waals surface area (Å²) in [7, 11) is 4.15. The van der Waals surface area contributed by atoms with Gasteiger partial charge >= 0.3 is 0 Å². The van der Waals surface area contributed by atoms with Crippen LogP contribution in [0.15, 0.2) is 60.8 Å². The average molecular weight is 464 g/mol. The Morgan fingerprint density at radius 3 is 2.61 bits per heavy atom. The number of anilines is 2. The van der Waals surface area contributed by atoms with Gasteiger partial charge in [0.25, 0.3) is 0 Å². The van der Waals surface area contributed by atoms with E-state index in [0.29, 0.717) is 5.56 Å². The number of aromatic nitrogens is 1. The minimum absolute atomic E-state index is 0.0154. The topological polar surface area (TPSA) is 48.4 Å². The smallest absolute Gasteiger partial charge is 0.170 e. The van der Waals surface area contributed by atoms with Crippen molar-refractivity contribution >= 4 is 33.9 Å². The van der Waals surface area contributed by atoms with Gasteiger partial charge in [0.15, 0.2) is 11.6 Å². The molecule has 2 N–H and O–H groups in total. The lowest BCUT2D eigenvalue weighted by Gasteiger charge is -2.16. The second-order valence-corrected chi connectivity index (χ2v) is 8.82. The number of phenolic OH excluding ortho intramolecular Hbond substituents is 1. The van der Waals surface area contributed by atoms with Gasteiger partial charge < -0.3 is 15.3 Å². The quantitative estimate of drug-likeness (QED) is 0.316. The molecule has 1 heterocycles. The fraction of sp³-hybridized carbons (Fsp3) is 0.222. The van der Waals surface area contributed by atoms with Crippen molar-refractivity contribution in [2.45, 2.75) is 19.8 Å². The predicted octanol–water partition coefficient (Wildman–Crippen LogP) is 6.81. The fourth-order valence-electron chi connectivity index (χ4n) is 3.86. The highest BCUT2D eigenvalue weighted by Gasteiger charge is 2.13. The Balaban J connectivity index is 1.77. The molecule has 0 aliphatic rings. The highest BCUT2D eigenvalue weighted by Crippen LogP contribution is 2.36. The van der Waals surface area contributed by atoms with Crippen LogP contribution in [0.3, 0.4) is 0 Å². The maximum Gasteiger partial charge on any atom is 0.170 e. The molecule has 0 bridgehead atoms. The molecule has 0 unspecified atom stereocenters. The summed E-state index contributed by atoms with van der Waals surface area (Å²) in [5.41, 5.74) is 6.58. The number of likely N-dealkylation sites (N-methyl/N-ethyl adjacent to an activating group) is 1. The molecule has 0 saturated carbocycles. The molecule has 6 heteroatoms. The molecule has 0 aliphatic heterocycles. The van der Waals surface area contributed by atoms with E-state index in [2.05, 4.69) is 60.5 Å². The lowest BCUT2D eigenvalue weighted by Crippen LogP contribution is -2.15. The Hall–Kier alpha value is -3.15. The van der Waals surface area contributed by atoms with Crippen molar-refractivity contribution in [2.75, 3.05) is 26.0 Å². The first-order valence-electron chi connectivity index (χ1n) is 11.0. The van der Waals surface area contributed by atoms with Crippen LogP contribution in [0.2, 0.25) is 5.02 Å². The molecule has 4 aromatic rings. The molecule has 0 radical (unpaired) electrons. The van der Waals surface area contributed by atoms with Crippen molar-refractivity contribution in [1.29, 1.82) is 0 Å². The number of nitrogens with zero attached hydrogens (tertiary/aromatic N) is 2. The second-order valence-electron chi connectivity index (χ2n) is 8.41. The Labute approximate surface area is 198 Å². The van der Waals surface area contributed by atoms with Gasteiger partial charge in [0.05, 0.1) is 16.2 Å². The SMILES string of the molecule is CCc1cnc2ccc(-c3cc(F)c(O)c(Cl)c3)cc2c1Nc1cccc(CCN(C)C)c1. The van der Waals surface area contributed by atoms with Gasteiger partial charge in [-0.15, -0.1) is 0 Å². The molecule has 0 aliphatic carbocycles. The minimum Gasteiger partial charge on any atom is -0.504 e. The molecule has 0 amide bonds. The Morgan fingerprint density at radius 1 is 1.06 bits per heavy atom. The normalized spacial score (nSPS) is 11.3. The van der Waals surface area contributed by atoms with Crippen molar-refractivity contribution in [3.63, 3.8) is 0 Å². The summed E-state index contributed by atoms with van der Waals surface area (Å²) < 4.78 is 14.1. The first-order chi connectivity index (χ1) is 15.9. The first-order valence-corrected chi connectivity index (χ1v) is 11.3. The number of hydrogen-bond acceptors (Lipinski definition) is 4. The van der Waals surface area contributed by atoms with Crippen LogP contribution in [0.4, 0.5) is 15.8 Å². The van der Waals surface area contributed by atoms with E-state index in [1.165, 1.54) is 11.6 Å². The molecule has 4 nitrogen and oxygen atoms in total. The molecule has 0 atom stereocenters. The van der Waals surface area contributed by atoms with Gasteiger partial charge in [0, 0.05) is 23.8 Å². The van der Waals surface area contributed by atoms with Gasteiger partial charge in [-0.3, -0.25) is 4.98 Å². The number of aryl methyl sites for hydroxylation is 1. The minimum atomic E-state index is -0.745. The van der Waals surface area contributed by atoms with E-state index in [4.69, 9.17) is 11.6 Å². The van der Waals surface area contributed by atoms with Crippen LogP contribution < -0.4 is 5.32 Å². The van der Waals surface area contributed by atoms with Gasteiger partial charge in [0.1, 0.15) is 0 Å². The number of pyridine rings is 1. The average Bonchev–Trinajstić information content (AvgIpc) is 2.81. The summed E-state index contributed by atoms with van der Waals surface area (Å²) in [5.74, 6) is -1.28. The molecule has 4 rings (SSSR count). The summed E-state index contributed by atoms with van der Waals surface area (Å²) >= 11 is 6.02. The molecule has 0 saturated heterocycles. The fourth-order valence-corrected chi connectivity index (χ4v) is 4.07. The van der Waals surface area contributed by atoms with Crippen molar-refractivity contribution < 1.29 is 9.50 Å². The number of halogens is 2. The molecule has 0 fully saturated rings. The molecule has 0 spiro atoms. The standard InChI is InChI=1S/C27H27ClFN3O/c1-4-18-16-30-25-9-8-19(20-14-23(28)27(33)24(29)15-20)13-22(25)26(18)31-21-7-5-6-17(12-21)10-11-32(2)3/h5-9,12-16,33H,4,10-11H2,1-3H3,(H,30,31). The maximum absolute atomic E-state index is 14.1. The van der Waals surface area contributed by atoms with E-state index in [1.807, 2.05) is 24.4 Å². The van der Waals surface area contributed by atoms with Crippen molar-refractivity contribution in [3.05, 3.63) is 82.8 Å². The monoisotopic (exact) mass is 463 g/mol. The molecule has 1 aromatic heterocycles. The zero-order chi connectivity index (χ0) is 23.5. The summed E-state index contributed by atoms with van der Waals surface area (Å²) in [6, 6.07) is 17.1. The van der Waals surface area contributed by atoms with Gasteiger partial charge in [0.2, 0.25) is 0 Å². The molecule has 33 heavy (non-hydrogen) atoms. The summed E-state index contributed by atoms with van der Waals surface area (Å²) in [5, 5.41) is 14.2. The van der Waals surface area contributed by atoms with Gasteiger partial charge in [-0.1, -0.05) is 36.7 Å². The van der Waals surface area contributed by atoms with Crippen LogP contribution >= 0.6 is 11.6 Å². The van der Waals surface area contributed by atoms with Gasteiger partial charge in [-0.05, 0) is 85.6 Å². The third kappa shape index (κ3) is 5.10. The number of aromatic hydroxyl groups is 1. The van der Waals surface area contributed by atoms with Crippen LogP contribution in [0.5, 0.6) is 5.75 Å². The van der Waals surface area contributed by atoms with Gasteiger partial charge in [-0.2, -0.15) is 0 Å². The van der Waals surface area contributed by atoms with E-state index < -0.39 is 11.6 Å². The van der Waals surface area contributed by atoms with Crippen LogP contribution in [-0.2, 0) is 12.8 Å². The van der Waals surface area contributed by atoms with Crippen molar-refractivity contribution in [3.8, 4) is 16.9 Å². The zero-order valence-electron chi connectivity index (χ0n) is 19.0. The highest BCUT2D eigenvalue weighted by molar-refractivity contribution is 6.32. The Kier molecular flexibility index (Phi) is 6.82. The van der Waals surface area contributed by atoms with E-state index in [-0.39, 0.29) is 5.02 Å². The van der Waals surface area contributed by atoms with E-state index in [9.17, 15) is 9.50 Å². The summed E-state index contributed by atoms with van der Waals surface area (Å²) in [4.78, 5) is 6.79. The van der Waals surface area contributed by atoms with Crippen LogP contribution in [0, 0.1) is 5.82 Å². The summed E-state index contributed by atoms with van der Waals surface area (Å²) in [6.07, 6.45) is 3.68. The largest absolute Gasteiger partial charge is 0.504 e. The summed E-state index contributed by atoms with van der Waals surface area (Å²) in [6.45, 7) is 3.08. The van der Waals surface area contributed by atoms with Gasteiger partial charge in [-0.25, -0.2) is 4.39 Å². The first kappa shape index (κ1) is 23.0. The number of fused-ring (bicyclic) bond motifs is 1. The number of nitrogens with one attached hydrogen (secondary N) is 1. The van der Waals surface area contributed by atoms with Crippen LogP contribution in [0.1, 0.15) is 18.1 Å². The molecular weight excluding hydrogens is 437 g/mol. The van der Waals surface area contributed by atoms with E-state index in [1.54, 1.807) is 6.07 Å². The third-order valence-corrected chi connectivity index (χ3v) is 6.01. The lowest BCUT2D eigenvalue weighted by molar-refractivity contribution is 0.413. The zero-order valence-corrected chi connectivity index (χ0v) is 19.7. The molecule has 170 valence electrons. The van der Waals surface area contributed by atoms with Crippen molar-refractivity contribution in [1.82, 2.24) is 9.88 Å². The molecule has 3 aromatic carbocycles. The Morgan fingerprint density at radius 2 is 1.88 bits per heavy atom. The number of hydrogen-bond donors (Lipinski definition) is 2. The number of benzene rings is 3.